The maximum absolute atomic E-state index is 2.49. The number of likely N-dealkylation sites (tertiary alicyclic amines) is 1. The zero-order valence-electron chi connectivity index (χ0n) is 9.84. The molecule has 0 radical (unpaired) electrons. The summed E-state index contributed by atoms with van der Waals surface area (Å²) >= 11 is 0. The summed E-state index contributed by atoms with van der Waals surface area (Å²) in [6.45, 7) is 5.01. The summed E-state index contributed by atoms with van der Waals surface area (Å²) < 4.78 is 0. The summed E-state index contributed by atoms with van der Waals surface area (Å²) in [5, 5.41) is 0. The fourth-order valence-corrected chi connectivity index (χ4v) is 3.10. The van der Waals surface area contributed by atoms with Crippen molar-refractivity contribution in [2.75, 3.05) is 20.1 Å². The monoisotopic (exact) mass is 195 g/mol. The molecule has 1 aliphatic carbocycles. The maximum atomic E-state index is 2.49. The van der Waals surface area contributed by atoms with Crippen molar-refractivity contribution in [1.82, 2.24) is 4.90 Å². The molecule has 0 unspecified atom stereocenters. The van der Waals surface area contributed by atoms with Gasteiger partial charge in [0.25, 0.3) is 0 Å². The van der Waals surface area contributed by atoms with Gasteiger partial charge < -0.3 is 4.90 Å². The lowest BCUT2D eigenvalue weighted by molar-refractivity contribution is 0.198. The molecule has 0 aromatic carbocycles. The maximum Gasteiger partial charge on any atom is -0.00190 e. The lowest BCUT2D eigenvalue weighted by Crippen LogP contribution is -2.31. The van der Waals surface area contributed by atoms with Crippen LogP contribution in [0.2, 0.25) is 0 Å². The fourth-order valence-electron chi connectivity index (χ4n) is 3.10. The molecule has 1 aliphatic heterocycles. The number of nitrogens with zero attached hydrogens (tertiary/aromatic N) is 1. The van der Waals surface area contributed by atoms with E-state index in [9.17, 15) is 0 Å². The van der Waals surface area contributed by atoms with E-state index in [4.69, 9.17) is 0 Å². The highest BCUT2D eigenvalue weighted by molar-refractivity contribution is 4.92. The molecule has 0 N–H and O–H groups in total. The highest BCUT2D eigenvalue weighted by atomic mass is 15.1. The number of unbranched alkanes of at least 4 members (excludes halogenated alkanes) is 1. The second-order valence-corrected chi connectivity index (χ2v) is 5.44. The van der Waals surface area contributed by atoms with Crippen molar-refractivity contribution in [3.63, 3.8) is 0 Å². The van der Waals surface area contributed by atoms with Crippen molar-refractivity contribution < 1.29 is 0 Å². The van der Waals surface area contributed by atoms with Crippen LogP contribution in [0.5, 0.6) is 0 Å². The molecule has 0 amide bonds. The Balaban J connectivity index is 1.66. The average molecular weight is 195 g/mol. The Bertz CT molecular complexity index is 170. The first-order chi connectivity index (χ1) is 6.81. The van der Waals surface area contributed by atoms with Crippen molar-refractivity contribution >= 4 is 0 Å². The Labute approximate surface area is 88.9 Å². The minimum atomic E-state index is 1.09. The highest BCUT2D eigenvalue weighted by Gasteiger charge is 2.42. The largest absolute Gasteiger partial charge is 0.306 e. The molecule has 14 heavy (non-hydrogen) atoms. The molecular formula is C13H25N. The van der Waals surface area contributed by atoms with Crippen LogP contribution in [0.3, 0.4) is 0 Å². The van der Waals surface area contributed by atoms with Gasteiger partial charge in [-0.25, -0.2) is 0 Å². The first-order valence-electron chi connectivity index (χ1n) is 6.49. The normalized spacial score (nSPS) is 34.7. The number of rotatable bonds is 4. The van der Waals surface area contributed by atoms with Gasteiger partial charge in [0.1, 0.15) is 0 Å². The van der Waals surface area contributed by atoms with E-state index >= 15 is 0 Å². The minimum Gasteiger partial charge on any atom is -0.306 e. The topological polar surface area (TPSA) is 3.24 Å². The molecule has 0 spiro atoms. The van der Waals surface area contributed by atoms with Gasteiger partial charge in [0.15, 0.2) is 0 Å². The molecule has 0 bridgehead atoms. The van der Waals surface area contributed by atoms with Crippen molar-refractivity contribution in [1.29, 1.82) is 0 Å². The van der Waals surface area contributed by atoms with Crippen LogP contribution in [0, 0.1) is 17.8 Å². The molecular weight excluding hydrogens is 170 g/mol. The van der Waals surface area contributed by atoms with Crippen LogP contribution in [0.1, 0.15) is 45.4 Å². The fraction of sp³-hybridized carbons (Fsp3) is 1.00. The number of hydrogen-bond acceptors (Lipinski definition) is 1. The Morgan fingerprint density at radius 3 is 2.57 bits per heavy atom. The van der Waals surface area contributed by atoms with E-state index in [1.807, 2.05) is 0 Å². The number of hydrogen-bond donors (Lipinski definition) is 0. The molecule has 1 heteroatoms. The molecule has 0 aromatic rings. The van der Waals surface area contributed by atoms with Gasteiger partial charge in [-0.05, 0) is 57.2 Å². The predicted molar refractivity (Wildman–Crippen MR) is 61.3 cm³/mol. The molecule has 2 atom stereocenters. The van der Waals surface area contributed by atoms with Gasteiger partial charge >= 0.3 is 0 Å². The van der Waals surface area contributed by atoms with Gasteiger partial charge in [0, 0.05) is 0 Å². The molecule has 1 saturated carbocycles. The summed E-state index contributed by atoms with van der Waals surface area (Å²) in [6, 6.07) is 0. The Morgan fingerprint density at radius 2 is 1.93 bits per heavy atom. The zero-order chi connectivity index (χ0) is 9.97. The van der Waals surface area contributed by atoms with Crippen LogP contribution in [0.15, 0.2) is 0 Å². The number of piperidine rings is 1. The van der Waals surface area contributed by atoms with E-state index in [0.717, 1.165) is 17.8 Å². The van der Waals surface area contributed by atoms with Gasteiger partial charge in [-0.1, -0.05) is 26.2 Å². The Hall–Kier alpha value is -0.0400. The van der Waals surface area contributed by atoms with Crippen molar-refractivity contribution in [2.45, 2.75) is 45.4 Å². The lowest BCUT2D eigenvalue weighted by Gasteiger charge is -2.29. The molecule has 1 heterocycles. The summed E-state index contributed by atoms with van der Waals surface area (Å²) in [7, 11) is 2.26. The third kappa shape index (κ3) is 2.50. The van der Waals surface area contributed by atoms with E-state index in [-0.39, 0.29) is 0 Å². The third-order valence-electron chi connectivity index (χ3n) is 4.27. The second kappa shape index (κ2) is 4.65. The summed E-state index contributed by atoms with van der Waals surface area (Å²) in [5.74, 6) is 3.35. The molecule has 2 rings (SSSR count). The van der Waals surface area contributed by atoms with Gasteiger partial charge in [0.05, 0.1) is 0 Å². The lowest BCUT2D eigenvalue weighted by atomic mass is 9.90. The Morgan fingerprint density at radius 1 is 1.21 bits per heavy atom. The quantitative estimate of drug-likeness (QED) is 0.666. The van der Waals surface area contributed by atoms with Crippen LogP contribution in [-0.2, 0) is 0 Å². The van der Waals surface area contributed by atoms with E-state index in [2.05, 4.69) is 18.9 Å². The third-order valence-corrected chi connectivity index (χ3v) is 4.27. The van der Waals surface area contributed by atoms with Gasteiger partial charge in [0.2, 0.25) is 0 Å². The molecule has 1 nitrogen and oxygen atoms in total. The highest BCUT2D eigenvalue weighted by Crippen LogP contribution is 2.50. The van der Waals surface area contributed by atoms with Crippen LogP contribution in [-0.4, -0.2) is 25.0 Å². The van der Waals surface area contributed by atoms with Crippen LogP contribution >= 0.6 is 0 Å². The standard InChI is InChI=1S/C13H25N/c1-3-4-5-12-10-13(12)11-6-8-14(2)9-7-11/h11-13H,3-10H2,1-2H3/t12-,13+/m0/s1. The molecule has 2 aliphatic rings. The SMILES string of the molecule is CCCC[C@H]1C[C@@H]1C1CCN(C)CC1. The van der Waals surface area contributed by atoms with E-state index < -0.39 is 0 Å². The first kappa shape index (κ1) is 10.5. The van der Waals surface area contributed by atoms with Crippen LogP contribution in [0.4, 0.5) is 0 Å². The average Bonchev–Trinajstić information content (AvgIpc) is 2.95. The predicted octanol–water partition coefficient (Wildman–Crippen LogP) is 3.15. The van der Waals surface area contributed by atoms with Gasteiger partial charge in [-0.3, -0.25) is 0 Å². The smallest absolute Gasteiger partial charge is 0.00190 e. The van der Waals surface area contributed by atoms with Gasteiger partial charge in [-0.15, -0.1) is 0 Å². The van der Waals surface area contributed by atoms with Crippen LogP contribution in [0.25, 0.3) is 0 Å². The zero-order valence-corrected chi connectivity index (χ0v) is 9.84. The summed E-state index contributed by atoms with van der Waals surface area (Å²) in [4.78, 5) is 2.49. The van der Waals surface area contributed by atoms with Gasteiger partial charge in [-0.2, -0.15) is 0 Å². The Kier molecular flexibility index (Phi) is 3.48. The summed E-state index contributed by atoms with van der Waals surface area (Å²) in [5.41, 5.74) is 0. The van der Waals surface area contributed by atoms with E-state index in [1.165, 1.54) is 45.2 Å². The molecule has 1 saturated heterocycles. The molecule has 2 fully saturated rings. The van der Waals surface area contributed by atoms with E-state index in [0.29, 0.717) is 0 Å². The minimum absolute atomic E-state index is 1.09. The first-order valence-corrected chi connectivity index (χ1v) is 6.49. The van der Waals surface area contributed by atoms with E-state index in [1.54, 1.807) is 6.42 Å². The summed E-state index contributed by atoms with van der Waals surface area (Å²) in [6.07, 6.45) is 8.89. The molecule has 0 aromatic heterocycles. The van der Waals surface area contributed by atoms with Crippen molar-refractivity contribution in [3.8, 4) is 0 Å². The molecule has 82 valence electrons. The van der Waals surface area contributed by atoms with Crippen molar-refractivity contribution in [2.24, 2.45) is 17.8 Å². The van der Waals surface area contributed by atoms with Crippen molar-refractivity contribution in [3.05, 3.63) is 0 Å². The van der Waals surface area contributed by atoms with Crippen LogP contribution < -0.4 is 0 Å². The second-order valence-electron chi connectivity index (χ2n) is 5.44.